The summed E-state index contributed by atoms with van der Waals surface area (Å²) in [5.74, 6) is 0. The molecule has 0 bridgehead atoms. The van der Waals surface area contributed by atoms with Gasteiger partial charge in [0.25, 0.3) is 0 Å². The molecule has 1 nitrogen and oxygen atoms in total. The van der Waals surface area contributed by atoms with Crippen LogP contribution in [0.5, 0.6) is 0 Å². The van der Waals surface area contributed by atoms with Crippen LogP contribution in [0.25, 0.3) is 136 Å². The SMILES string of the molecule is Cc1c(C)n(-c2ccc(-c3ccc4ccc5cccc6ccc3c4c56)c3ccccc23)c2c3ccccc3c3cc(-c4ccc5c(C(C)(C)C)c6ccccc6c(C(C)(C)C)c5c4)c4ccccc4c3c12. The lowest BCUT2D eigenvalue weighted by Gasteiger charge is -2.30. The molecule has 13 aromatic carbocycles. The maximum Gasteiger partial charge on any atom is 0.0619 e. The Labute approximate surface area is 414 Å². The fourth-order valence-electron chi connectivity index (χ4n) is 13.3. The number of nitrogens with zero attached hydrogens (tertiary/aromatic N) is 1. The first-order chi connectivity index (χ1) is 34.4. The molecule has 0 aliphatic heterocycles. The third-order valence-corrected chi connectivity index (χ3v) is 16.3. The van der Waals surface area contributed by atoms with Crippen molar-refractivity contribution in [3.8, 4) is 27.9 Å². The van der Waals surface area contributed by atoms with Gasteiger partial charge in [-0.25, -0.2) is 0 Å². The van der Waals surface area contributed by atoms with Crippen LogP contribution in [0.3, 0.4) is 0 Å². The van der Waals surface area contributed by atoms with Gasteiger partial charge in [-0.1, -0.05) is 211 Å². The standard InChI is InChI=1S/C70H55N/c1-40-41(2)71(61-37-36-49(46-20-9-12-23-51(46)61)50-33-30-44-29-28-42-18-17-19-43-31-34-53(50)64(44)63(42)43)68-57-27-16-11-22-48(57)59-39-58(47-21-10-13-24-52(47)65(59)62(40)68)45-32-35-56-60(38-45)67(70(6,7)8)55-26-15-14-25-54(55)66(56)69(3,4)5/h9-39H,1-8H3. The van der Waals surface area contributed by atoms with E-state index in [4.69, 9.17) is 0 Å². The van der Waals surface area contributed by atoms with E-state index in [0.29, 0.717) is 0 Å². The van der Waals surface area contributed by atoms with Crippen LogP contribution in [-0.2, 0) is 10.8 Å². The van der Waals surface area contributed by atoms with Crippen molar-refractivity contribution in [1.29, 1.82) is 0 Å². The molecule has 1 heterocycles. The van der Waals surface area contributed by atoms with Gasteiger partial charge in [-0.3, -0.25) is 0 Å². The Balaban J connectivity index is 1.04. The molecule has 0 unspecified atom stereocenters. The predicted octanol–water partition coefficient (Wildman–Crippen LogP) is 20.0. The maximum atomic E-state index is 2.58. The van der Waals surface area contributed by atoms with Gasteiger partial charge in [0, 0.05) is 21.9 Å². The molecule has 0 aliphatic carbocycles. The van der Waals surface area contributed by atoms with Crippen LogP contribution >= 0.6 is 0 Å². The molecule has 0 atom stereocenters. The zero-order chi connectivity index (χ0) is 48.2. The van der Waals surface area contributed by atoms with Crippen molar-refractivity contribution >= 4 is 108 Å². The molecule has 0 spiro atoms. The van der Waals surface area contributed by atoms with Gasteiger partial charge in [0.15, 0.2) is 0 Å². The number of hydrogen-bond donors (Lipinski definition) is 0. The summed E-state index contributed by atoms with van der Waals surface area (Å²) >= 11 is 0. The van der Waals surface area contributed by atoms with E-state index in [1.54, 1.807) is 0 Å². The third kappa shape index (κ3) is 5.87. The second kappa shape index (κ2) is 14.8. The van der Waals surface area contributed by atoms with Gasteiger partial charge in [0.1, 0.15) is 0 Å². The number of aryl methyl sites for hydroxylation is 1. The predicted molar refractivity (Wildman–Crippen MR) is 310 cm³/mol. The second-order valence-electron chi connectivity index (χ2n) is 22.4. The van der Waals surface area contributed by atoms with Crippen LogP contribution in [-0.4, -0.2) is 4.57 Å². The fraction of sp³-hybridized carbons (Fsp3) is 0.143. The Morgan fingerprint density at radius 3 is 1.48 bits per heavy atom. The van der Waals surface area contributed by atoms with Crippen LogP contribution in [0.2, 0.25) is 0 Å². The van der Waals surface area contributed by atoms with Crippen molar-refractivity contribution in [3.63, 3.8) is 0 Å². The van der Waals surface area contributed by atoms with Gasteiger partial charge < -0.3 is 4.57 Å². The molecule has 14 aromatic rings. The number of aromatic nitrogens is 1. The lowest BCUT2D eigenvalue weighted by molar-refractivity contribution is 0.593. The van der Waals surface area contributed by atoms with Crippen molar-refractivity contribution in [2.24, 2.45) is 0 Å². The summed E-state index contributed by atoms with van der Waals surface area (Å²) in [7, 11) is 0. The summed E-state index contributed by atoms with van der Waals surface area (Å²) in [5.41, 5.74) is 12.8. The van der Waals surface area contributed by atoms with Crippen molar-refractivity contribution < 1.29 is 0 Å². The van der Waals surface area contributed by atoms with Crippen LogP contribution in [0.4, 0.5) is 0 Å². The van der Waals surface area contributed by atoms with E-state index in [-0.39, 0.29) is 10.8 Å². The van der Waals surface area contributed by atoms with E-state index in [0.717, 1.165) is 0 Å². The minimum absolute atomic E-state index is 0.0403. The Morgan fingerprint density at radius 1 is 0.310 bits per heavy atom. The first kappa shape index (κ1) is 41.9. The molecule has 340 valence electrons. The monoisotopic (exact) mass is 909 g/mol. The summed E-state index contributed by atoms with van der Waals surface area (Å²) in [6.45, 7) is 18.9. The minimum Gasteiger partial charge on any atom is -0.312 e. The molecule has 0 saturated heterocycles. The highest BCUT2D eigenvalue weighted by atomic mass is 15.0. The summed E-state index contributed by atoms with van der Waals surface area (Å²) in [5, 5.41) is 24.8. The van der Waals surface area contributed by atoms with Crippen LogP contribution < -0.4 is 0 Å². The van der Waals surface area contributed by atoms with Gasteiger partial charge in [0.05, 0.1) is 11.2 Å². The summed E-state index contributed by atoms with van der Waals surface area (Å²) in [6.07, 6.45) is 0. The molecule has 0 aliphatic rings. The molecule has 0 amide bonds. The Hall–Kier alpha value is -8.00. The normalized spacial score (nSPS) is 12.8. The molecule has 14 rings (SSSR count). The van der Waals surface area contributed by atoms with Crippen LogP contribution in [0.1, 0.15) is 63.9 Å². The molecule has 71 heavy (non-hydrogen) atoms. The van der Waals surface area contributed by atoms with Gasteiger partial charge in [0.2, 0.25) is 0 Å². The number of rotatable bonds is 3. The average Bonchev–Trinajstić information content (AvgIpc) is 3.64. The molecule has 0 saturated carbocycles. The molecule has 0 N–H and O–H groups in total. The van der Waals surface area contributed by atoms with E-state index >= 15 is 0 Å². The van der Waals surface area contributed by atoms with E-state index in [1.807, 2.05) is 0 Å². The number of hydrogen-bond acceptors (Lipinski definition) is 0. The van der Waals surface area contributed by atoms with Crippen molar-refractivity contribution in [2.75, 3.05) is 0 Å². The lowest BCUT2D eigenvalue weighted by Crippen LogP contribution is -2.17. The van der Waals surface area contributed by atoms with Crippen molar-refractivity contribution in [2.45, 2.75) is 66.2 Å². The lowest BCUT2D eigenvalue weighted by atomic mass is 9.73. The highest BCUT2D eigenvalue weighted by molar-refractivity contribution is 6.34. The number of benzene rings is 13. The highest BCUT2D eigenvalue weighted by Crippen LogP contribution is 2.50. The largest absolute Gasteiger partial charge is 0.312 e. The van der Waals surface area contributed by atoms with Crippen molar-refractivity contribution in [1.82, 2.24) is 4.57 Å². The first-order valence-electron chi connectivity index (χ1n) is 25.4. The van der Waals surface area contributed by atoms with Gasteiger partial charge in [-0.2, -0.15) is 0 Å². The third-order valence-electron chi connectivity index (χ3n) is 16.3. The second-order valence-corrected chi connectivity index (χ2v) is 22.4. The zero-order valence-corrected chi connectivity index (χ0v) is 41.8. The Bertz CT molecular complexity index is 4580. The Morgan fingerprint density at radius 2 is 0.803 bits per heavy atom. The summed E-state index contributed by atoms with van der Waals surface area (Å²) in [4.78, 5) is 0. The Kier molecular flexibility index (Phi) is 8.72. The molecule has 1 heteroatoms. The molecule has 1 aromatic heterocycles. The van der Waals surface area contributed by atoms with Crippen molar-refractivity contribution in [3.05, 3.63) is 210 Å². The smallest absolute Gasteiger partial charge is 0.0619 e. The number of fused-ring (bicyclic) bond motifs is 11. The molecular formula is C70H55N. The topological polar surface area (TPSA) is 4.93 Å². The van der Waals surface area contributed by atoms with Gasteiger partial charge in [-0.15, -0.1) is 0 Å². The van der Waals surface area contributed by atoms with E-state index < -0.39 is 0 Å². The van der Waals surface area contributed by atoms with E-state index in [1.165, 1.54) is 158 Å². The van der Waals surface area contributed by atoms with E-state index in [9.17, 15) is 0 Å². The first-order valence-corrected chi connectivity index (χ1v) is 25.4. The molecular weight excluding hydrogens is 855 g/mol. The summed E-state index contributed by atoms with van der Waals surface area (Å²) in [6, 6.07) is 71.7. The quantitative estimate of drug-likeness (QED) is 0.123. The van der Waals surface area contributed by atoms with Crippen LogP contribution in [0.15, 0.2) is 188 Å². The van der Waals surface area contributed by atoms with Crippen LogP contribution in [0, 0.1) is 13.8 Å². The summed E-state index contributed by atoms with van der Waals surface area (Å²) < 4.78 is 2.58. The van der Waals surface area contributed by atoms with Gasteiger partial charge in [-0.05, 0) is 168 Å². The van der Waals surface area contributed by atoms with Gasteiger partial charge >= 0.3 is 0 Å². The average molecular weight is 910 g/mol. The molecule has 0 fully saturated rings. The van der Waals surface area contributed by atoms with E-state index in [2.05, 4.69) is 248 Å². The maximum absolute atomic E-state index is 2.58. The highest BCUT2D eigenvalue weighted by Gasteiger charge is 2.29. The fourth-order valence-corrected chi connectivity index (χ4v) is 13.3. The zero-order valence-electron chi connectivity index (χ0n) is 41.8. The molecule has 0 radical (unpaired) electrons. The minimum atomic E-state index is -0.0715.